The Bertz CT molecular complexity index is 692. The van der Waals surface area contributed by atoms with Gasteiger partial charge in [0.2, 0.25) is 0 Å². The highest BCUT2D eigenvalue weighted by atomic mass is 35.5. The summed E-state index contributed by atoms with van der Waals surface area (Å²) in [5, 5.41) is 0.446. The zero-order chi connectivity index (χ0) is 15.2. The van der Waals surface area contributed by atoms with Gasteiger partial charge in [-0.25, -0.2) is 0 Å². The Hall–Kier alpha value is -2.53. The van der Waals surface area contributed by atoms with Crippen molar-refractivity contribution in [1.82, 2.24) is 10.9 Å². The summed E-state index contributed by atoms with van der Waals surface area (Å²) in [6, 6.07) is 9.94. The second-order valence-electron chi connectivity index (χ2n) is 4.24. The van der Waals surface area contributed by atoms with E-state index in [1.54, 1.807) is 30.3 Å². The molecule has 0 atom stereocenters. The van der Waals surface area contributed by atoms with E-state index in [1.807, 2.05) is 6.92 Å². The van der Waals surface area contributed by atoms with Gasteiger partial charge < -0.3 is 4.42 Å². The van der Waals surface area contributed by atoms with Crippen LogP contribution in [0, 0.1) is 6.92 Å². The molecule has 0 aliphatic rings. The first kappa shape index (κ1) is 14.9. The van der Waals surface area contributed by atoms with Crippen molar-refractivity contribution in [3.63, 3.8) is 0 Å². The number of rotatable bonds is 3. The van der Waals surface area contributed by atoms with E-state index in [1.165, 1.54) is 18.2 Å². The number of aryl methyl sites for hydroxylation is 1. The molecule has 1 heterocycles. The van der Waals surface area contributed by atoms with Crippen molar-refractivity contribution in [3.05, 3.63) is 64.6 Å². The highest BCUT2D eigenvalue weighted by molar-refractivity contribution is 6.30. The predicted octanol–water partition coefficient (Wildman–Crippen LogP) is 2.72. The highest BCUT2D eigenvalue weighted by Gasteiger charge is 2.06. The number of carbonyl (C=O) groups excluding carboxylic acids is 2. The standard InChI is InChI=1S/C15H13ClN2O3/c1-10-5-6-13(21-10)7-8-14(19)17-18-15(20)11-3-2-4-12(16)9-11/h2-9H,1H3,(H,17,19)(H,18,20). The smallest absolute Gasteiger partial charge is 0.269 e. The van der Waals surface area contributed by atoms with Crippen molar-refractivity contribution in [2.24, 2.45) is 0 Å². The Balaban J connectivity index is 1.86. The minimum absolute atomic E-state index is 0.355. The van der Waals surface area contributed by atoms with Crippen LogP contribution in [0.1, 0.15) is 21.9 Å². The molecular weight excluding hydrogens is 292 g/mol. The molecule has 5 nitrogen and oxygen atoms in total. The molecule has 0 radical (unpaired) electrons. The lowest BCUT2D eigenvalue weighted by Crippen LogP contribution is -2.40. The molecule has 2 aromatic rings. The summed E-state index contributed by atoms with van der Waals surface area (Å²) in [6.45, 7) is 1.81. The lowest BCUT2D eigenvalue weighted by molar-refractivity contribution is -0.117. The number of nitrogens with one attached hydrogen (secondary N) is 2. The molecule has 0 aliphatic heterocycles. The maximum atomic E-state index is 11.8. The molecule has 0 aliphatic carbocycles. The quantitative estimate of drug-likeness (QED) is 0.676. The van der Waals surface area contributed by atoms with Crippen LogP contribution in [0.25, 0.3) is 6.08 Å². The van der Waals surface area contributed by atoms with E-state index in [9.17, 15) is 9.59 Å². The van der Waals surface area contributed by atoms with E-state index in [2.05, 4.69) is 10.9 Å². The maximum absolute atomic E-state index is 11.8. The second-order valence-corrected chi connectivity index (χ2v) is 4.67. The molecule has 0 spiro atoms. The van der Waals surface area contributed by atoms with E-state index >= 15 is 0 Å². The number of hydrogen-bond acceptors (Lipinski definition) is 3. The number of hydrazine groups is 1. The fourth-order valence-electron chi connectivity index (χ4n) is 1.56. The van der Waals surface area contributed by atoms with Gasteiger partial charge in [-0.15, -0.1) is 0 Å². The number of hydrogen-bond donors (Lipinski definition) is 2. The van der Waals surface area contributed by atoms with Crippen LogP contribution in [0.5, 0.6) is 0 Å². The largest absolute Gasteiger partial charge is 0.462 e. The third-order valence-corrected chi connectivity index (χ3v) is 2.78. The molecule has 21 heavy (non-hydrogen) atoms. The minimum atomic E-state index is -0.473. The SMILES string of the molecule is Cc1ccc(C=CC(=O)NNC(=O)c2cccc(Cl)c2)o1. The van der Waals surface area contributed by atoms with Crippen LogP contribution in [-0.2, 0) is 4.79 Å². The Kier molecular flexibility index (Phi) is 4.79. The molecule has 0 saturated heterocycles. The van der Waals surface area contributed by atoms with Crippen LogP contribution in [-0.4, -0.2) is 11.8 Å². The van der Waals surface area contributed by atoms with Crippen molar-refractivity contribution in [3.8, 4) is 0 Å². The van der Waals surface area contributed by atoms with Crippen molar-refractivity contribution < 1.29 is 14.0 Å². The third-order valence-electron chi connectivity index (χ3n) is 2.55. The zero-order valence-electron chi connectivity index (χ0n) is 11.2. The maximum Gasteiger partial charge on any atom is 0.269 e. The van der Waals surface area contributed by atoms with Crippen molar-refractivity contribution in [2.45, 2.75) is 6.92 Å². The topological polar surface area (TPSA) is 71.3 Å². The van der Waals surface area contributed by atoms with Crippen LogP contribution >= 0.6 is 11.6 Å². The Morgan fingerprint density at radius 1 is 1.19 bits per heavy atom. The van der Waals surface area contributed by atoms with Gasteiger partial charge in [-0.2, -0.15) is 0 Å². The average molecular weight is 305 g/mol. The summed E-state index contributed by atoms with van der Waals surface area (Å²) >= 11 is 5.78. The van der Waals surface area contributed by atoms with Crippen LogP contribution < -0.4 is 10.9 Å². The van der Waals surface area contributed by atoms with Gasteiger partial charge in [-0.1, -0.05) is 17.7 Å². The molecule has 0 unspecified atom stereocenters. The summed E-state index contributed by atoms with van der Waals surface area (Å²) < 4.78 is 5.27. The minimum Gasteiger partial charge on any atom is -0.462 e. The van der Waals surface area contributed by atoms with E-state index in [4.69, 9.17) is 16.0 Å². The molecule has 2 rings (SSSR count). The van der Waals surface area contributed by atoms with Gasteiger partial charge in [-0.05, 0) is 43.3 Å². The van der Waals surface area contributed by atoms with E-state index in [0.29, 0.717) is 16.3 Å². The molecule has 0 bridgehead atoms. The molecule has 0 fully saturated rings. The van der Waals surface area contributed by atoms with Crippen LogP contribution in [0.15, 0.2) is 46.9 Å². The highest BCUT2D eigenvalue weighted by Crippen LogP contribution is 2.10. The van der Waals surface area contributed by atoms with Gasteiger partial charge in [0, 0.05) is 16.7 Å². The molecule has 108 valence electrons. The normalized spacial score (nSPS) is 10.6. The second kappa shape index (κ2) is 6.76. The summed E-state index contributed by atoms with van der Waals surface area (Å²) in [7, 11) is 0. The fraction of sp³-hybridized carbons (Fsp3) is 0.0667. The first-order chi connectivity index (χ1) is 10.0. The van der Waals surface area contributed by atoms with Gasteiger partial charge >= 0.3 is 0 Å². The van der Waals surface area contributed by atoms with E-state index in [0.717, 1.165) is 5.76 Å². The molecule has 6 heteroatoms. The summed E-state index contributed by atoms with van der Waals surface area (Å²) in [5.74, 6) is 0.389. The molecule has 1 aromatic carbocycles. The van der Waals surface area contributed by atoms with Gasteiger partial charge in [-0.3, -0.25) is 20.4 Å². The fourth-order valence-corrected chi connectivity index (χ4v) is 1.75. The van der Waals surface area contributed by atoms with E-state index < -0.39 is 11.8 Å². The van der Waals surface area contributed by atoms with Crippen molar-refractivity contribution in [2.75, 3.05) is 0 Å². The van der Waals surface area contributed by atoms with Gasteiger partial charge in [0.25, 0.3) is 11.8 Å². The van der Waals surface area contributed by atoms with Crippen molar-refractivity contribution in [1.29, 1.82) is 0 Å². The number of furan rings is 1. The molecular formula is C15H13ClN2O3. The number of amides is 2. The van der Waals surface area contributed by atoms with Gasteiger partial charge in [0.05, 0.1) is 0 Å². The van der Waals surface area contributed by atoms with Gasteiger partial charge in [0.15, 0.2) is 0 Å². The Labute approximate surface area is 126 Å². The van der Waals surface area contributed by atoms with Crippen LogP contribution in [0.4, 0.5) is 0 Å². The Morgan fingerprint density at radius 2 is 2.00 bits per heavy atom. The third kappa shape index (κ3) is 4.50. The lowest BCUT2D eigenvalue weighted by atomic mass is 10.2. The molecule has 1 aromatic heterocycles. The predicted molar refractivity (Wildman–Crippen MR) is 79.5 cm³/mol. The zero-order valence-corrected chi connectivity index (χ0v) is 12.0. The molecule has 2 N–H and O–H groups in total. The van der Waals surface area contributed by atoms with Crippen LogP contribution in [0.2, 0.25) is 5.02 Å². The molecule has 2 amide bonds. The average Bonchev–Trinajstić information content (AvgIpc) is 2.88. The summed E-state index contributed by atoms with van der Waals surface area (Å²) in [6.07, 6.45) is 2.77. The summed E-state index contributed by atoms with van der Waals surface area (Å²) in [4.78, 5) is 23.3. The number of halogens is 1. The first-order valence-electron chi connectivity index (χ1n) is 6.15. The Morgan fingerprint density at radius 3 is 2.67 bits per heavy atom. The lowest BCUT2D eigenvalue weighted by Gasteiger charge is -2.05. The van der Waals surface area contributed by atoms with E-state index in [-0.39, 0.29) is 0 Å². The number of benzene rings is 1. The van der Waals surface area contributed by atoms with Crippen LogP contribution in [0.3, 0.4) is 0 Å². The molecule has 0 saturated carbocycles. The van der Waals surface area contributed by atoms with Gasteiger partial charge in [0.1, 0.15) is 11.5 Å². The number of carbonyl (C=O) groups is 2. The van der Waals surface area contributed by atoms with Crippen molar-refractivity contribution >= 4 is 29.5 Å². The monoisotopic (exact) mass is 304 g/mol. The summed E-state index contributed by atoms with van der Waals surface area (Å²) in [5.41, 5.74) is 4.91. The first-order valence-corrected chi connectivity index (χ1v) is 6.53.